The predicted molar refractivity (Wildman–Crippen MR) is 452 cm³/mol. The molecule has 0 atom stereocenters. The van der Waals surface area contributed by atoms with E-state index in [2.05, 4.69) is 357 Å². The Morgan fingerprint density at radius 3 is 1.07 bits per heavy atom. The van der Waals surface area contributed by atoms with Crippen LogP contribution < -0.4 is 16.9 Å². The normalized spacial score (nSPS) is 14.4. The Bertz CT molecular complexity index is 5400. The van der Waals surface area contributed by atoms with Crippen molar-refractivity contribution in [2.24, 2.45) is 0 Å². The average Bonchev–Trinajstić information content (AvgIpc) is 1.58. The number of hydrogen-bond donors (Lipinski definition) is 2. The van der Waals surface area contributed by atoms with Crippen molar-refractivity contribution in [2.45, 2.75) is 77.4 Å². The number of benzene rings is 12. The van der Waals surface area contributed by atoms with Crippen LogP contribution in [0.25, 0.3) is 123 Å². The summed E-state index contributed by atoms with van der Waals surface area (Å²) >= 11 is 7.59. The number of nitrogens with zero attached hydrogens (tertiary/aromatic N) is 2. The minimum Gasteiger partial charge on any atom is -0.399 e. The lowest BCUT2D eigenvalue weighted by atomic mass is 9.74. The van der Waals surface area contributed by atoms with E-state index in [1.165, 1.54) is 122 Å². The first-order valence-corrected chi connectivity index (χ1v) is 38.9. The van der Waals surface area contributed by atoms with E-state index in [0.717, 1.165) is 43.8 Å². The Balaban J connectivity index is 0.000000154. The zero-order chi connectivity index (χ0) is 70.6. The van der Waals surface area contributed by atoms with Gasteiger partial charge in [-0.2, -0.15) is 0 Å². The second-order valence-electron chi connectivity index (χ2n) is 27.9. The van der Waals surface area contributed by atoms with Gasteiger partial charge in [-0.15, -0.1) is 0 Å². The molecular weight excluding hydrogens is 1510 g/mol. The Kier molecular flexibility index (Phi) is 19.5. The van der Waals surface area contributed by atoms with Crippen molar-refractivity contribution in [1.29, 1.82) is 0 Å². The van der Waals surface area contributed by atoms with Crippen molar-refractivity contribution in [3.63, 3.8) is 0 Å². The number of halogens is 3. The van der Waals surface area contributed by atoms with Crippen LogP contribution in [0.4, 0.5) is 11.4 Å². The van der Waals surface area contributed by atoms with Crippen LogP contribution in [0.5, 0.6) is 0 Å². The van der Waals surface area contributed by atoms with Crippen LogP contribution in [0, 0.1) is 0 Å². The molecule has 0 bridgehead atoms. The Morgan fingerprint density at radius 2 is 0.680 bits per heavy atom. The maximum absolute atomic E-state index is 6.41. The lowest BCUT2D eigenvalue weighted by molar-refractivity contribution is 0.00578. The number of rotatable bonds is 8. The molecule has 2 aliphatic carbocycles. The van der Waals surface area contributed by atoms with Crippen LogP contribution in [-0.4, -0.2) is 37.3 Å². The van der Waals surface area contributed by atoms with Gasteiger partial charge in [0.2, 0.25) is 0 Å². The quantitative estimate of drug-likeness (QED) is 0.0688. The first-order valence-electron chi connectivity index (χ1n) is 33.8. The van der Waals surface area contributed by atoms with E-state index in [0.29, 0.717) is 0 Å². The molecule has 0 amide bonds. The number of aromatic nitrogens is 2. The molecule has 12 aromatic carbocycles. The lowest BCUT2D eigenvalue weighted by Gasteiger charge is -2.32. The minimum atomic E-state index is -0.371. The van der Waals surface area contributed by atoms with E-state index >= 15 is 0 Å². The van der Waals surface area contributed by atoms with Gasteiger partial charge >= 0.3 is 7.12 Å². The molecule has 1 saturated heterocycles. The highest BCUT2D eigenvalue weighted by Gasteiger charge is 2.52. The Hall–Kier alpha value is -8.76. The highest BCUT2D eigenvalue weighted by atomic mass is 127. The molecule has 1 fully saturated rings. The molecule has 0 saturated carbocycles. The fourth-order valence-corrected chi connectivity index (χ4v) is 14.9. The molecule has 498 valence electrons. The number of alkyl halides is 2. The van der Waals surface area contributed by atoms with Crippen LogP contribution in [0.2, 0.25) is 0 Å². The molecule has 6 nitrogen and oxygen atoms in total. The smallest absolute Gasteiger partial charge is 0.399 e. The molecule has 0 radical (unpaired) electrons. The van der Waals surface area contributed by atoms with Crippen molar-refractivity contribution >= 4 is 141 Å². The van der Waals surface area contributed by atoms with Gasteiger partial charge in [0, 0.05) is 59.6 Å². The molecule has 2 aromatic heterocycles. The molecule has 4 N–H and O–H groups in total. The molecule has 17 rings (SSSR count). The van der Waals surface area contributed by atoms with Crippen LogP contribution >= 0.6 is 61.1 Å². The lowest BCUT2D eigenvalue weighted by Crippen LogP contribution is -2.41. The second-order valence-corrected chi connectivity index (χ2v) is 28.8. The highest BCUT2D eigenvalue weighted by Crippen LogP contribution is 2.53. The number of anilines is 2. The summed E-state index contributed by atoms with van der Waals surface area (Å²) < 4.78 is 18.6. The number of para-hydroxylation sites is 2. The first-order chi connectivity index (χ1) is 48.2. The summed E-state index contributed by atoms with van der Waals surface area (Å²) in [6.45, 7) is 25.6. The first kappa shape index (κ1) is 69.7. The molecular formula is C90H82BBrI2N4O2. The molecule has 10 heteroatoms. The maximum atomic E-state index is 6.41. The monoisotopic (exact) mass is 1590 g/mol. The summed E-state index contributed by atoms with van der Waals surface area (Å²) in [5.74, 6) is 0. The van der Waals surface area contributed by atoms with E-state index in [1.54, 1.807) is 0 Å². The topological polar surface area (TPSA) is 80.4 Å². The molecule has 100 heavy (non-hydrogen) atoms. The van der Waals surface area contributed by atoms with Gasteiger partial charge in [-0.05, 0) is 247 Å². The van der Waals surface area contributed by atoms with Crippen molar-refractivity contribution in [3.8, 4) is 67.0 Å². The van der Waals surface area contributed by atoms with E-state index in [1.807, 2.05) is 58.4 Å². The average molecular weight is 1600 g/mol. The van der Waals surface area contributed by atoms with Crippen LogP contribution in [0.15, 0.2) is 272 Å². The van der Waals surface area contributed by atoms with Gasteiger partial charge in [-0.3, -0.25) is 0 Å². The molecule has 0 unspecified atom stereocenters. The maximum Gasteiger partial charge on any atom is 0.494 e. The number of fused-ring (bicyclic) bond motifs is 12. The van der Waals surface area contributed by atoms with Crippen molar-refractivity contribution in [3.05, 3.63) is 306 Å². The zero-order valence-electron chi connectivity index (χ0n) is 58.4. The minimum absolute atomic E-state index is 0.109. The highest BCUT2D eigenvalue weighted by molar-refractivity contribution is 14.1. The van der Waals surface area contributed by atoms with Crippen LogP contribution in [-0.2, 0) is 20.1 Å². The summed E-state index contributed by atoms with van der Waals surface area (Å²) in [6.07, 6.45) is 3.77. The summed E-state index contributed by atoms with van der Waals surface area (Å²) in [4.78, 5) is 3.94. The van der Waals surface area contributed by atoms with Gasteiger partial charge in [0.15, 0.2) is 0 Å². The fraction of sp³-hybridized carbons (Fsp3) is 0.156. The second kappa shape index (κ2) is 28.0. The largest absolute Gasteiger partial charge is 0.494 e. The van der Waals surface area contributed by atoms with Gasteiger partial charge in [0.1, 0.15) is 0 Å². The van der Waals surface area contributed by atoms with Gasteiger partial charge in [-0.25, -0.2) is 0 Å². The van der Waals surface area contributed by atoms with E-state index in [9.17, 15) is 0 Å². The standard InChI is InChI=1S/C41H38BNO2.C41H32N2.C6H6BrN.2CH3I/c1-8-26-13-18-30(19-14-26)43-37-12-10-9-11-33(37)34-23-27(16-22-38(34)43)28-15-20-31-32-21-17-29(25-36(32)39(2,3)35(31)24-28)42-44-40(4,5)41(6,7)45-42;1-4-26-9-18-32(19-10-26)43-39-8-6-5-7-35(39)36-23-28(15-22-40(36)43)30-14-21-34-33-20-13-29(27-11-16-31(42)17-12-27)24-37(33)41(2,3)38(34)25-30;7-5-1-3-6(8)4-2-5;2*1-2/h8-25H,1H2,2-7H3;4-25H,1,42H2,2-3H3;1-4H,8H2;2*1H3. The van der Waals surface area contributed by atoms with Gasteiger partial charge in [0.05, 0.1) is 33.3 Å². The van der Waals surface area contributed by atoms with Crippen molar-refractivity contribution < 1.29 is 9.31 Å². The zero-order valence-corrected chi connectivity index (χ0v) is 64.3. The Morgan fingerprint density at radius 1 is 0.360 bits per heavy atom. The number of hydrogen-bond acceptors (Lipinski definition) is 4. The van der Waals surface area contributed by atoms with E-state index < -0.39 is 0 Å². The third kappa shape index (κ3) is 12.7. The Labute approximate surface area is 625 Å². The summed E-state index contributed by atoms with van der Waals surface area (Å²) in [5, 5.41) is 5.03. The van der Waals surface area contributed by atoms with Gasteiger partial charge in [0.25, 0.3) is 0 Å². The predicted octanol–water partition coefficient (Wildman–Crippen LogP) is 24.5. The summed E-state index contributed by atoms with van der Waals surface area (Å²) in [6, 6.07) is 91.7. The van der Waals surface area contributed by atoms with Gasteiger partial charge < -0.3 is 29.9 Å². The molecule has 0 spiro atoms. The summed E-state index contributed by atoms with van der Waals surface area (Å²) in [5.41, 5.74) is 40.4. The SMILES string of the molecule is C=Cc1ccc(-n2c3ccccc3c3cc(-c4ccc5c(c4)C(C)(C)c4cc(-c6ccc(N)cc6)ccc4-5)ccc32)cc1.C=Cc1ccc(-n2c3ccccc3c3cc(-c4ccc5c(c4)C(C)(C)c4cc(B6OC(C)(C)C(C)(C)O6)ccc4-5)ccc32)cc1.CI.CI.Nc1ccc(Br)cc1. The van der Waals surface area contributed by atoms with Crippen molar-refractivity contribution in [1.82, 2.24) is 9.13 Å². The third-order valence-corrected chi connectivity index (χ3v) is 21.3. The fourth-order valence-electron chi connectivity index (χ4n) is 14.7. The van der Waals surface area contributed by atoms with Crippen LogP contribution in [0.1, 0.15) is 88.8 Å². The molecule has 1 aliphatic heterocycles. The summed E-state index contributed by atoms with van der Waals surface area (Å²) in [7, 11) is -0.371. The molecule has 3 heterocycles. The molecule has 3 aliphatic rings. The number of nitrogens with two attached hydrogens (primary N) is 2. The van der Waals surface area contributed by atoms with Crippen LogP contribution in [0.3, 0.4) is 0 Å². The third-order valence-electron chi connectivity index (χ3n) is 20.8. The number of nitrogen functional groups attached to an aromatic ring is 2. The van der Waals surface area contributed by atoms with Crippen molar-refractivity contribution in [2.75, 3.05) is 21.3 Å². The molecule has 14 aromatic rings. The van der Waals surface area contributed by atoms with E-state index in [4.69, 9.17) is 20.8 Å². The van der Waals surface area contributed by atoms with Gasteiger partial charge in [-0.1, -0.05) is 254 Å². The van der Waals surface area contributed by atoms with E-state index in [-0.39, 0.29) is 29.2 Å².